The van der Waals surface area contributed by atoms with Crippen molar-refractivity contribution in [1.29, 1.82) is 0 Å². The van der Waals surface area contributed by atoms with Gasteiger partial charge in [-0.15, -0.1) is 0 Å². The summed E-state index contributed by atoms with van der Waals surface area (Å²) in [6.07, 6.45) is 1.71. The summed E-state index contributed by atoms with van der Waals surface area (Å²) in [6.45, 7) is 0. The molecule has 0 N–H and O–H groups in total. The lowest BCUT2D eigenvalue weighted by molar-refractivity contribution is 0.415. The third kappa shape index (κ3) is 1.97. The van der Waals surface area contributed by atoms with Crippen LogP contribution in [0.3, 0.4) is 0 Å². The van der Waals surface area contributed by atoms with Gasteiger partial charge in [0, 0.05) is 28.5 Å². The highest BCUT2D eigenvalue weighted by Gasteiger charge is 2.10. The monoisotopic (exact) mass is 292 g/mol. The highest BCUT2D eigenvalue weighted by molar-refractivity contribution is 6.01. The molecule has 2 aromatic heterocycles. The molecule has 4 heteroatoms. The van der Waals surface area contributed by atoms with Gasteiger partial charge in [-0.2, -0.15) is 0 Å². The molecule has 0 atom stereocenters. The average Bonchev–Trinajstić information content (AvgIpc) is 2.95. The van der Waals surface area contributed by atoms with Crippen molar-refractivity contribution in [2.75, 3.05) is 7.11 Å². The fraction of sp³-hybridized carbons (Fsp3) is 0.0556. The van der Waals surface area contributed by atoms with Crippen LogP contribution in [0.2, 0.25) is 0 Å². The molecule has 2 aromatic carbocycles. The lowest BCUT2D eigenvalue weighted by atomic mass is 10.0. The number of ether oxygens (including phenoxy) is 1. The zero-order chi connectivity index (χ0) is 15.1. The smallest absolute Gasteiger partial charge is 0.336 e. The van der Waals surface area contributed by atoms with Crippen LogP contribution in [0.15, 0.2) is 68.4 Å². The minimum absolute atomic E-state index is 0.367. The van der Waals surface area contributed by atoms with E-state index in [9.17, 15) is 4.79 Å². The highest BCUT2D eigenvalue weighted by atomic mass is 16.5. The van der Waals surface area contributed by atoms with E-state index in [2.05, 4.69) is 0 Å². The number of hydrogen-bond acceptors (Lipinski definition) is 4. The number of hydrogen-bond donors (Lipinski definition) is 0. The Balaban J connectivity index is 1.94. The van der Waals surface area contributed by atoms with Crippen molar-refractivity contribution in [3.8, 4) is 16.9 Å². The molecule has 0 spiro atoms. The van der Waals surface area contributed by atoms with Gasteiger partial charge in [0.15, 0.2) is 0 Å². The molecule has 4 aromatic rings. The lowest BCUT2D eigenvalue weighted by Gasteiger charge is -2.02. The van der Waals surface area contributed by atoms with E-state index in [4.69, 9.17) is 13.6 Å². The fourth-order valence-corrected chi connectivity index (χ4v) is 2.58. The van der Waals surface area contributed by atoms with E-state index in [1.165, 1.54) is 6.07 Å². The zero-order valence-corrected chi connectivity index (χ0v) is 11.8. The molecule has 0 unspecified atom stereocenters. The Bertz CT molecular complexity index is 1020. The van der Waals surface area contributed by atoms with Crippen LogP contribution < -0.4 is 10.4 Å². The van der Waals surface area contributed by atoms with Gasteiger partial charge in [-0.1, -0.05) is 12.1 Å². The Kier molecular flexibility index (Phi) is 2.76. The maximum atomic E-state index is 11.3. The number of rotatable bonds is 2. The van der Waals surface area contributed by atoms with Gasteiger partial charge in [-0.25, -0.2) is 4.79 Å². The van der Waals surface area contributed by atoms with Crippen LogP contribution in [0, 0.1) is 0 Å². The van der Waals surface area contributed by atoms with Gasteiger partial charge >= 0.3 is 5.63 Å². The lowest BCUT2D eigenvalue weighted by Crippen LogP contribution is -1.93. The molecule has 0 aliphatic carbocycles. The van der Waals surface area contributed by atoms with Gasteiger partial charge in [-0.05, 0) is 29.8 Å². The molecule has 0 aliphatic heterocycles. The predicted octanol–water partition coefficient (Wildman–Crippen LogP) is 4.21. The van der Waals surface area contributed by atoms with Gasteiger partial charge in [0.25, 0.3) is 0 Å². The van der Waals surface area contributed by atoms with Gasteiger partial charge in [-0.3, -0.25) is 0 Å². The molecule has 0 radical (unpaired) electrons. The molecule has 2 heterocycles. The molecule has 0 fully saturated rings. The third-order valence-corrected chi connectivity index (χ3v) is 3.72. The van der Waals surface area contributed by atoms with Gasteiger partial charge in [0.1, 0.15) is 16.9 Å². The molecule has 108 valence electrons. The second kappa shape index (κ2) is 4.77. The molecule has 4 nitrogen and oxygen atoms in total. The molecular weight excluding hydrogens is 280 g/mol. The SMILES string of the molecule is COc1ccc(-c2coc3cc4oc(=O)ccc4cc23)cc1. The van der Waals surface area contributed by atoms with Crippen molar-refractivity contribution in [1.82, 2.24) is 0 Å². The first-order valence-corrected chi connectivity index (χ1v) is 6.84. The van der Waals surface area contributed by atoms with Crippen LogP contribution in [-0.2, 0) is 0 Å². The number of benzene rings is 2. The molecule has 0 amide bonds. The van der Waals surface area contributed by atoms with Crippen LogP contribution in [0.4, 0.5) is 0 Å². The standard InChI is InChI=1S/C18H12O4/c1-20-13-5-2-11(3-6-13)15-10-21-17-9-16-12(8-14(15)17)4-7-18(19)22-16/h2-10H,1H3. The molecule has 0 saturated carbocycles. The summed E-state index contributed by atoms with van der Waals surface area (Å²) >= 11 is 0. The minimum atomic E-state index is -0.367. The molecule has 0 aliphatic rings. The Morgan fingerprint density at radius 1 is 0.955 bits per heavy atom. The summed E-state index contributed by atoms with van der Waals surface area (Å²) in [5.74, 6) is 0.809. The van der Waals surface area contributed by atoms with E-state index in [1.807, 2.05) is 30.3 Å². The average molecular weight is 292 g/mol. The Morgan fingerprint density at radius 3 is 2.55 bits per heavy atom. The van der Waals surface area contributed by atoms with Gasteiger partial charge in [0.2, 0.25) is 0 Å². The van der Waals surface area contributed by atoms with E-state index in [0.717, 1.165) is 27.6 Å². The van der Waals surface area contributed by atoms with Crippen molar-refractivity contribution < 1.29 is 13.6 Å². The fourth-order valence-electron chi connectivity index (χ4n) is 2.58. The normalized spacial score (nSPS) is 11.1. The Labute approximate surface area is 125 Å². The van der Waals surface area contributed by atoms with Crippen molar-refractivity contribution in [3.63, 3.8) is 0 Å². The van der Waals surface area contributed by atoms with Crippen molar-refractivity contribution in [2.45, 2.75) is 0 Å². The first kappa shape index (κ1) is 12.7. The van der Waals surface area contributed by atoms with Crippen LogP contribution in [0.1, 0.15) is 0 Å². The van der Waals surface area contributed by atoms with Crippen molar-refractivity contribution in [2.24, 2.45) is 0 Å². The summed E-state index contributed by atoms with van der Waals surface area (Å²) in [6, 6.07) is 14.7. The summed E-state index contributed by atoms with van der Waals surface area (Å²) in [4.78, 5) is 11.3. The van der Waals surface area contributed by atoms with E-state index in [1.54, 1.807) is 25.5 Å². The maximum Gasteiger partial charge on any atom is 0.336 e. The van der Waals surface area contributed by atoms with Crippen LogP contribution in [-0.4, -0.2) is 7.11 Å². The Morgan fingerprint density at radius 2 is 1.77 bits per heavy atom. The topological polar surface area (TPSA) is 52.6 Å². The van der Waals surface area contributed by atoms with Crippen LogP contribution >= 0.6 is 0 Å². The van der Waals surface area contributed by atoms with E-state index in [-0.39, 0.29) is 5.63 Å². The quantitative estimate of drug-likeness (QED) is 0.519. The third-order valence-electron chi connectivity index (χ3n) is 3.72. The van der Waals surface area contributed by atoms with Crippen molar-refractivity contribution >= 4 is 21.9 Å². The first-order valence-electron chi connectivity index (χ1n) is 6.84. The van der Waals surface area contributed by atoms with Crippen LogP contribution in [0.5, 0.6) is 5.75 Å². The second-order valence-corrected chi connectivity index (χ2v) is 5.02. The van der Waals surface area contributed by atoms with Gasteiger partial charge in [0.05, 0.1) is 13.4 Å². The molecule has 0 bridgehead atoms. The van der Waals surface area contributed by atoms with Crippen molar-refractivity contribution in [3.05, 3.63) is 65.2 Å². The minimum Gasteiger partial charge on any atom is -0.497 e. The van der Waals surface area contributed by atoms with E-state index in [0.29, 0.717) is 11.2 Å². The summed E-state index contributed by atoms with van der Waals surface area (Å²) < 4.78 is 16.0. The first-order chi connectivity index (χ1) is 10.7. The molecule has 22 heavy (non-hydrogen) atoms. The summed E-state index contributed by atoms with van der Waals surface area (Å²) in [5.41, 5.74) is 2.87. The molecule has 4 rings (SSSR count). The van der Waals surface area contributed by atoms with Gasteiger partial charge < -0.3 is 13.6 Å². The maximum absolute atomic E-state index is 11.3. The summed E-state index contributed by atoms with van der Waals surface area (Å²) in [7, 11) is 1.64. The summed E-state index contributed by atoms with van der Waals surface area (Å²) in [5, 5.41) is 1.84. The van der Waals surface area contributed by atoms with Crippen LogP contribution in [0.25, 0.3) is 33.1 Å². The molecular formula is C18H12O4. The largest absolute Gasteiger partial charge is 0.497 e. The zero-order valence-electron chi connectivity index (χ0n) is 11.8. The second-order valence-electron chi connectivity index (χ2n) is 5.02. The number of fused-ring (bicyclic) bond motifs is 2. The van der Waals surface area contributed by atoms with E-state index < -0.39 is 0 Å². The Hall–Kier alpha value is -3.01. The predicted molar refractivity (Wildman–Crippen MR) is 84.2 cm³/mol. The van der Waals surface area contributed by atoms with E-state index >= 15 is 0 Å². The number of furan rings is 1. The number of methoxy groups -OCH3 is 1. The molecule has 0 saturated heterocycles. The highest BCUT2D eigenvalue weighted by Crippen LogP contribution is 2.33.